The Morgan fingerprint density at radius 2 is 1.65 bits per heavy atom. The number of aryl methyl sites for hydroxylation is 1. The Morgan fingerprint density at radius 1 is 0.923 bits per heavy atom. The van der Waals surface area contributed by atoms with Crippen LogP contribution in [0.5, 0.6) is 0 Å². The first-order valence-electron chi connectivity index (χ1n) is 8.56. The highest BCUT2D eigenvalue weighted by atomic mass is 35.5. The minimum atomic E-state index is -0.139. The van der Waals surface area contributed by atoms with E-state index in [1.165, 1.54) is 0 Å². The first-order valence-corrected chi connectivity index (χ1v) is 8.94. The molecule has 4 nitrogen and oxygen atoms in total. The Labute approximate surface area is 159 Å². The van der Waals surface area contributed by atoms with Crippen molar-refractivity contribution in [1.29, 1.82) is 0 Å². The van der Waals surface area contributed by atoms with Gasteiger partial charge in [-0.05, 0) is 45.4 Å². The normalized spacial score (nSPS) is 11.3. The predicted molar refractivity (Wildman–Crippen MR) is 110 cm³/mol. The van der Waals surface area contributed by atoms with E-state index in [1.54, 1.807) is 0 Å². The lowest BCUT2D eigenvalue weighted by Gasteiger charge is -2.21. The maximum absolute atomic E-state index is 6.24. The molecule has 0 atom stereocenters. The molecule has 0 saturated carbocycles. The molecule has 2 N–H and O–H groups in total. The average molecular weight is 367 g/mol. The van der Waals surface area contributed by atoms with Crippen molar-refractivity contribution < 1.29 is 0 Å². The summed E-state index contributed by atoms with van der Waals surface area (Å²) in [6, 6.07) is 17.9. The van der Waals surface area contributed by atoms with E-state index >= 15 is 0 Å². The Bertz CT molecular complexity index is 902. The number of nitrogens with zero attached hydrogens (tertiary/aromatic N) is 2. The number of hydrogen-bond donors (Lipinski definition) is 2. The minimum Gasteiger partial charge on any atom is -0.350 e. The van der Waals surface area contributed by atoms with Gasteiger partial charge in [0, 0.05) is 27.9 Å². The third-order valence-electron chi connectivity index (χ3n) is 3.73. The number of aromatic nitrogens is 2. The zero-order chi connectivity index (χ0) is 18.7. The van der Waals surface area contributed by atoms with Gasteiger partial charge in [0.05, 0.1) is 5.69 Å². The monoisotopic (exact) mass is 366 g/mol. The number of anilines is 3. The Balaban J connectivity index is 2.00. The van der Waals surface area contributed by atoms with Crippen LogP contribution in [0.15, 0.2) is 54.6 Å². The van der Waals surface area contributed by atoms with Crippen molar-refractivity contribution in [3.05, 3.63) is 65.2 Å². The molecule has 0 fully saturated rings. The van der Waals surface area contributed by atoms with Crippen molar-refractivity contribution in [2.45, 2.75) is 33.2 Å². The highest BCUT2D eigenvalue weighted by molar-refractivity contribution is 6.31. The van der Waals surface area contributed by atoms with Gasteiger partial charge >= 0.3 is 0 Å². The molecule has 5 heteroatoms. The van der Waals surface area contributed by atoms with Crippen molar-refractivity contribution >= 4 is 29.1 Å². The van der Waals surface area contributed by atoms with Crippen molar-refractivity contribution in [2.24, 2.45) is 0 Å². The second kappa shape index (κ2) is 7.34. The highest BCUT2D eigenvalue weighted by Gasteiger charge is 2.14. The molecule has 0 radical (unpaired) electrons. The van der Waals surface area contributed by atoms with Crippen LogP contribution in [0.2, 0.25) is 5.02 Å². The van der Waals surface area contributed by atoms with Crippen molar-refractivity contribution in [3.63, 3.8) is 0 Å². The first-order chi connectivity index (χ1) is 12.3. The van der Waals surface area contributed by atoms with Crippen LogP contribution in [0.4, 0.5) is 17.5 Å². The van der Waals surface area contributed by atoms with Crippen LogP contribution in [0, 0.1) is 6.92 Å². The maximum Gasteiger partial charge on any atom is 0.225 e. The molecule has 0 amide bonds. The molecule has 0 aliphatic rings. The SMILES string of the molecule is Cc1ccc(Nc2cc(-c3ccccc3)nc(NC(C)(C)C)n2)cc1Cl. The summed E-state index contributed by atoms with van der Waals surface area (Å²) in [6.45, 7) is 8.23. The second-order valence-electron chi connectivity index (χ2n) is 7.29. The summed E-state index contributed by atoms with van der Waals surface area (Å²) in [7, 11) is 0. The summed E-state index contributed by atoms with van der Waals surface area (Å²) in [4.78, 5) is 9.29. The fraction of sp³-hybridized carbons (Fsp3) is 0.238. The summed E-state index contributed by atoms with van der Waals surface area (Å²) >= 11 is 6.24. The Morgan fingerprint density at radius 3 is 2.31 bits per heavy atom. The van der Waals surface area contributed by atoms with Gasteiger partial charge in [-0.15, -0.1) is 0 Å². The average Bonchev–Trinajstić information content (AvgIpc) is 2.57. The first kappa shape index (κ1) is 18.2. The van der Waals surface area contributed by atoms with Crippen LogP contribution in [0.25, 0.3) is 11.3 Å². The molecule has 134 valence electrons. The topological polar surface area (TPSA) is 49.8 Å². The fourth-order valence-electron chi connectivity index (χ4n) is 2.48. The van der Waals surface area contributed by atoms with Gasteiger partial charge in [-0.1, -0.05) is 48.0 Å². The van der Waals surface area contributed by atoms with E-state index in [0.29, 0.717) is 11.8 Å². The lowest BCUT2D eigenvalue weighted by molar-refractivity contribution is 0.626. The smallest absolute Gasteiger partial charge is 0.225 e. The molecule has 0 unspecified atom stereocenters. The summed E-state index contributed by atoms with van der Waals surface area (Å²) in [5.41, 5.74) is 3.68. The predicted octanol–water partition coefficient (Wildman–Crippen LogP) is 6.06. The molecule has 0 aliphatic heterocycles. The van der Waals surface area contributed by atoms with E-state index in [2.05, 4.69) is 41.4 Å². The van der Waals surface area contributed by atoms with Gasteiger partial charge in [-0.2, -0.15) is 4.98 Å². The van der Waals surface area contributed by atoms with E-state index in [9.17, 15) is 0 Å². The minimum absolute atomic E-state index is 0.139. The third-order valence-corrected chi connectivity index (χ3v) is 4.13. The van der Waals surface area contributed by atoms with E-state index in [0.717, 1.165) is 27.5 Å². The molecular weight excluding hydrogens is 344 g/mol. The van der Waals surface area contributed by atoms with Crippen LogP contribution in [-0.2, 0) is 0 Å². The summed E-state index contributed by atoms with van der Waals surface area (Å²) < 4.78 is 0. The van der Waals surface area contributed by atoms with E-state index in [1.807, 2.05) is 61.5 Å². The number of halogens is 1. The molecule has 0 bridgehead atoms. The molecule has 0 aliphatic carbocycles. The van der Waals surface area contributed by atoms with Gasteiger partial charge in [0.25, 0.3) is 0 Å². The molecule has 0 spiro atoms. The van der Waals surface area contributed by atoms with Gasteiger partial charge in [-0.25, -0.2) is 4.98 Å². The number of nitrogens with one attached hydrogen (secondary N) is 2. The van der Waals surface area contributed by atoms with E-state index in [-0.39, 0.29) is 5.54 Å². The third kappa shape index (κ3) is 4.73. The van der Waals surface area contributed by atoms with Crippen LogP contribution in [0.3, 0.4) is 0 Å². The largest absolute Gasteiger partial charge is 0.350 e. The Hall–Kier alpha value is -2.59. The molecule has 1 heterocycles. The van der Waals surface area contributed by atoms with E-state index in [4.69, 9.17) is 11.6 Å². The van der Waals surface area contributed by atoms with Gasteiger partial charge in [0.2, 0.25) is 5.95 Å². The van der Waals surface area contributed by atoms with Crippen LogP contribution < -0.4 is 10.6 Å². The number of hydrogen-bond acceptors (Lipinski definition) is 4. The van der Waals surface area contributed by atoms with Gasteiger partial charge in [0.15, 0.2) is 0 Å². The van der Waals surface area contributed by atoms with Crippen LogP contribution in [-0.4, -0.2) is 15.5 Å². The standard InChI is InChI=1S/C21H23ClN4/c1-14-10-11-16(12-17(14)22)23-19-13-18(15-8-6-5-7-9-15)24-20(25-19)26-21(2,3)4/h5-13H,1-4H3,(H2,23,24,25,26). The van der Waals surface area contributed by atoms with Gasteiger partial charge in [0.1, 0.15) is 5.82 Å². The fourth-order valence-corrected chi connectivity index (χ4v) is 2.66. The van der Waals surface area contributed by atoms with Crippen LogP contribution in [0.1, 0.15) is 26.3 Å². The molecule has 3 aromatic rings. The lowest BCUT2D eigenvalue weighted by atomic mass is 10.1. The molecule has 2 aromatic carbocycles. The lowest BCUT2D eigenvalue weighted by Crippen LogP contribution is -2.27. The quantitative estimate of drug-likeness (QED) is 0.589. The summed E-state index contributed by atoms with van der Waals surface area (Å²) in [6.07, 6.45) is 0. The highest BCUT2D eigenvalue weighted by Crippen LogP contribution is 2.26. The van der Waals surface area contributed by atoms with Crippen LogP contribution >= 0.6 is 11.6 Å². The van der Waals surface area contributed by atoms with Crippen molar-refractivity contribution in [3.8, 4) is 11.3 Å². The number of benzene rings is 2. The van der Waals surface area contributed by atoms with Crippen molar-refractivity contribution in [2.75, 3.05) is 10.6 Å². The zero-order valence-corrected chi connectivity index (χ0v) is 16.2. The molecule has 3 rings (SSSR count). The molecule has 0 saturated heterocycles. The maximum atomic E-state index is 6.24. The molecular formula is C21H23ClN4. The summed E-state index contributed by atoms with van der Waals surface area (Å²) in [5.74, 6) is 1.30. The van der Waals surface area contributed by atoms with Gasteiger partial charge < -0.3 is 10.6 Å². The summed E-state index contributed by atoms with van der Waals surface area (Å²) in [5, 5.41) is 7.40. The Kier molecular flexibility index (Phi) is 5.14. The molecule has 26 heavy (non-hydrogen) atoms. The second-order valence-corrected chi connectivity index (χ2v) is 7.70. The zero-order valence-electron chi connectivity index (χ0n) is 15.5. The molecule has 1 aromatic heterocycles. The van der Waals surface area contributed by atoms with E-state index < -0.39 is 0 Å². The number of rotatable bonds is 4. The van der Waals surface area contributed by atoms with Crippen molar-refractivity contribution in [1.82, 2.24) is 9.97 Å². The van der Waals surface area contributed by atoms with Gasteiger partial charge in [-0.3, -0.25) is 0 Å².